The van der Waals surface area contributed by atoms with Crippen LogP contribution in [0.3, 0.4) is 0 Å². The minimum absolute atomic E-state index is 0.00992. The van der Waals surface area contributed by atoms with Crippen LogP contribution in [0.5, 0.6) is 0 Å². The highest BCUT2D eigenvalue weighted by atomic mass is 16.3. The van der Waals surface area contributed by atoms with Crippen LogP contribution >= 0.6 is 0 Å². The monoisotopic (exact) mass is 153 g/mol. The van der Waals surface area contributed by atoms with Gasteiger partial charge in [0.1, 0.15) is 6.33 Å². The van der Waals surface area contributed by atoms with E-state index >= 15 is 0 Å². The average molecular weight is 153 g/mol. The van der Waals surface area contributed by atoms with Crippen molar-refractivity contribution in [1.29, 1.82) is 0 Å². The largest absolute Gasteiger partial charge is 0.395 e. The number of nitrogens with two attached hydrogens (primary N) is 1. The van der Waals surface area contributed by atoms with Crippen molar-refractivity contribution in [3.05, 3.63) is 24.3 Å². The number of hydrogen-bond donors (Lipinski definition) is 2. The summed E-state index contributed by atoms with van der Waals surface area (Å²) in [6, 6.07) is 1.57. The molecule has 4 heteroatoms. The second-order valence-electron chi connectivity index (χ2n) is 2.35. The first-order valence-corrected chi connectivity index (χ1v) is 3.44. The smallest absolute Gasteiger partial charge is 0.115 e. The third-order valence-corrected chi connectivity index (χ3v) is 1.35. The van der Waals surface area contributed by atoms with Gasteiger partial charge in [-0.05, 0) is 6.07 Å². The van der Waals surface area contributed by atoms with Gasteiger partial charge >= 0.3 is 0 Å². The molecular formula is C7H11N3O. The first-order chi connectivity index (χ1) is 5.33. The molecule has 0 aliphatic heterocycles. The van der Waals surface area contributed by atoms with Gasteiger partial charge in [-0.15, -0.1) is 0 Å². The van der Waals surface area contributed by atoms with Crippen LogP contribution in [-0.4, -0.2) is 27.7 Å². The maximum absolute atomic E-state index is 8.63. The van der Waals surface area contributed by atoms with E-state index in [0.29, 0.717) is 6.42 Å². The molecule has 0 spiro atoms. The lowest BCUT2D eigenvalue weighted by atomic mass is 10.2. The predicted octanol–water partition coefficient (Wildman–Crippen LogP) is -0.661. The predicted molar refractivity (Wildman–Crippen MR) is 40.8 cm³/mol. The van der Waals surface area contributed by atoms with E-state index in [0.717, 1.165) is 5.69 Å². The van der Waals surface area contributed by atoms with Crippen LogP contribution in [0.1, 0.15) is 5.69 Å². The molecule has 0 amide bonds. The fourth-order valence-corrected chi connectivity index (χ4v) is 0.772. The van der Waals surface area contributed by atoms with Crippen molar-refractivity contribution in [2.24, 2.45) is 5.73 Å². The van der Waals surface area contributed by atoms with Crippen molar-refractivity contribution < 1.29 is 5.11 Å². The Labute approximate surface area is 65.1 Å². The molecule has 1 rings (SSSR count). The van der Waals surface area contributed by atoms with Crippen LogP contribution in [0.15, 0.2) is 18.6 Å². The Morgan fingerprint density at radius 3 is 3.00 bits per heavy atom. The van der Waals surface area contributed by atoms with Crippen LogP contribution in [0.2, 0.25) is 0 Å². The zero-order valence-corrected chi connectivity index (χ0v) is 6.14. The zero-order chi connectivity index (χ0) is 8.10. The minimum atomic E-state index is -0.218. The molecule has 0 aliphatic carbocycles. The summed E-state index contributed by atoms with van der Waals surface area (Å²) < 4.78 is 0. The number of aliphatic hydroxyl groups is 1. The average Bonchev–Trinajstić information content (AvgIpc) is 2.06. The summed E-state index contributed by atoms with van der Waals surface area (Å²) in [6.07, 6.45) is 3.73. The molecule has 0 fully saturated rings. The van der Waals surface area contributed by atoms with Gasteiger partial charge in [0, 0.05) is 24.4 Å². The van der Waals surface area contributed by atoms with Crippen molar-refractivity contribution >= 4 is 0 Å². The first kappa shape index (κ1) is 8.10. The van der Waals surface area contributed by atoms with Gasteiger partial charge in [0.25, 0.3) is 0 Å². The maximum Gasteiger partial charge on any atom is 0.115 e. The van der Waals surface area contributed by atoms with Gasteiger partial charge in [-0.2, -0.15) is 0 Å². The Balaban J connectivity index is 2.51. The molecule has 1 aromatic rings. The van der Waals surface area contributed by atoms with E-state index in [9.17, 15) is 0 Å². The van der Waals surface area contributed by atoms with Crippen LogP contribution in [0.4, 0.5) is 0 Å². The normalized spacial score (nSPS) is 12.9. The van der Waals surface area contributed by atoms with Crippen molar-refractivity contribution in [3.63, 3.8) is 0 Å². The van der Waals surface area contributed by atoms with Crippen molar-refractivity contribution in [2.45, 2.75) is 12.5 Å². The molecule has 0 aliphatic rings. The Morgan fingerprint density at radius 2 is 2.45 bits per heavy atom. The maximum atomic E-state index is 8.63. The molecule has 0 radical (unpaired) electrons. The van der Waals surface area contributed by atoms with E-state index < -0.39 is 0 Å². The van der Waals surface area contributed by atoms with E-state index in [1.54, 1.807) is 12.3 Å². The number of hydrogen-bond acceptors (Lipinski definition) is 4. The molecule has 3 N–H and O–H groups in total. The minimum Gasteiger partial charge on any atom is -0.395 e. The highest BCUT2D eigenvalue weighted by molar-refractivity contribution is 4.99. The summed E-state index contributed by atoms with van der Waals surface area (Å²) >= 11 is 0. The van der Waals surface area contributed by atoms with Crippen LogP contribution in [0.25, 0.3) is 0 Å². The Bertz CT molecular complexity index is 202. The fraction of sp³-hybridized carbons (Fsp3) is 0.429. The number of aliphatic hydroxyl groups excluding tert-OH is 1. The SMILES string of the molecule is N[C@@H](CO)Cc1ccncn1. The summed E-state index contributed by atoms with van der Waals surface area (Å²) in [5.41, 5.74) is 6.36. The third kappa shape index (κ3) is 2.61. The van der Waals surface area contributed by atoms with Gasteiger partial charge in [0.05, 0.1) is 6.61 Å². The highest BCUT2D eigenvalue weighted by Gasteiger charge is 2.01. The van der Waals surface area contributed by atoms with Gasteiger partial charge in [-0.1, -0.05) is 0 Å². The molecular weight excluding hydrogens is 142 g/mol. The van der Waals surface area contributed by atoms with Gasteiger partial charge in [0.2, 0.25) is 0 Å². The summed E-state index contributed by atoms with van der Waals surface area (Å²) in [5, 5.41) is 8.63. The summed E-state index contributed by atoms with van der Waals surface area (Å²) in [5.74, 6) is 0. The van der Waals surface area contributed by atoms with Gasteiger partial charge in [0.15, 0.2) is 0 Å². The van der Waals surface area contributed by atoms with E-state index in [1.165, 1.54) is 6.33 Å². The highest BCUT2D eigenvalue weighted by Crippen LogP contribution is 1.94. The van der Waals surface area contributed by atoms with Gasteiger partial charge < -0.3 is 10.8 Å². The standard InChI is InChI=1S/C7H11N3O/c8-6(4-11)3-7-1-2-9-5-10-7/h1-2,5-6,11H,3-4,8H2/t6-/m1/s1. The molecule has 0 aromatic carbocycles. The lowest BCUT2D eigenvalue weighted by molar-refractivity contribution is 0.264. The third-order valence-electron chi connectivity index (χ3n) is 1.35. The quantitative estimate of drug-likeness (QED) is 0.604. The molecule has 1 atom stereocenters. The summed E-state index contributed by atoms with van der Waals surface area (Å²) in [4.78, 5) is 7.73. The van der Waals surface area contributed by atoms with E-state index in [-0.39, 0.29) is 12.6 Å². The number of rotatable bonds is 3. The molecule has 1 aromatic heterocycles. The van der Waals surface area contributed by atoms with Crippen molar-refractivity contribution in [1.82, 2.24) is 9.97 Å². The molecule has 11 heavy (non-hydrogen) atoms. The summed E-state index contributed by atoms with van der Waals surface area (Å²) in [6.45, 7) is -0.00992. The van der Waals surface area contributed by atoms with Crippen LogP contribution in [-0.2, 0) is 6.42 Å². The lowest BCUT2D eigenvalue weighted by Crippen LogP contribution is -2.27. The fourth-order valence-electron chi connectivity index (χ4n) is 0.772. The first-order valence-electron chi connectivity index (χ1n) is 3.44. The molecule has 0 unspecified atom stereocenters. The zero-order valence-electron chi connectivity index (χ0n) is 6.14. The Kier molecular flexibility index (Phi) is 2.95. The van der Waals surface area contributed by atoms with E-state index in [2.05, 4.69) is 9.97 Å². The molecule has 0 saturated carbocycles. The van der Waals surface area contributed by atoms with E-state index in [1.807, 2.05) is 0 Å². The molecule has 0 saturated heterocycles. The topological polar surface area (TPSA) is 72.0 Å². The number of aromatic nitrogens is 2. The van der Waals surface area contributed by atoms with Crippen molar-refractivity contribution in [2.75, 3.05) is 6.61 Å². The van der Waals surface area contributed by atoms with Crippen molar-refractivity contribution in [3.8, 4) is 0 Å². The van der Waals surface area contributed by atoms with Crippen LogP contribution in [0, 0.1) is 0 Å². The number of nitrogens with zero attached hydrogens (tertiary/aromatic N) is 2. The Morgan fingerprint density at radius 1 is 1.64 bits per heavy atom. The van der Waals surface area contributed by atoms with Crippen LogP contribution < -0.4 is 5.73 Å². The second-order valence-corrected chi connectivity index (χ2v) is 2.35. The molecule has 0 bridgehead atoms. The Hall–Kier alpha value is -1.00. The second kappa shape index (κ2) is 4.00. The van der Waals surface area contributed by atoms with Gasteiger partial charge in [-0.25, -0.2) is 9.97 Å². The molecule has 60 valence electrons. The molecule has 1 heterocycles. The van der Waals surface area contributed by atoms with E-state index in [4.69, 9.17) is 10.8 Å². The molecule has 4 nitrogen and oxygen atoms in total. The summed E-state index contributed by atoms with van der Waals surface area (Å²) in [7, 11) is 0. The lowest BCUT2D eigenvalue weighted by Gasteiger charge is -2.05. The van der Waals surface area contributed by atoms with Gasteiger partial charge in [-0.3, -0.25) is 0 Å².